The zero-order valence-electron chi connectivity index (χ0n) is 18.9. The summed E-state index contributed by atoms with van der Waals surface area (Å²) >= 11 is 0. The molecule has 0 aliphatic carbocycles. The van der Waals surface area contributed by atoms with Crippen molar-refractivity contribution in [2.45, 2.75) is 19.4 Å². The molecule has 1 saturated heterocycles. The third-order valence-corrected chi connectivity index (χ3v) is 5.04. The lowest BCUT2D eigenvalue weighted by molar-refractivity contribution is -0.131. The van der Waals surface area contributed by atoms with Crippen molar-refractivity contribution in [1.29, 1.82) is 0 Å². The molecule has 180 valence electrons. The van der Waals surface area contributed by atoms with E-state index in [4.69, 9.17) is 4.74 Å². The number of rotatable bonds is 8. The molecule has 1 amide bonds. The quantitative estimate of drug-likeness (QED) is 0.284. The Labute approximate surface area is 210 Å². The smallest absolute Gasteiger partial charge is 0.225 e. The van der Waals surface area contributed by atoms with Gasteiger partial charge < -0.3 is 25.2 Å². The largest absolute Gasteiger partial charge is 0.486 e. The van der Waals surface area contributed by atoms with Gasteiger partial charge in [0.05, 0.1) is 6.54 Å². The average molecular weight is 571 g/mol. The van der Waals surface area contributed by atoms with Crippen LogP contribution in [0, 0.1) is 5.82 Å². The lowest BCUT2D eigenvalue weighted by Crippen LogP contribution is -2.50. The predicted molar refractivity (Wildman–Crippen MR) is 137 cm³/mol. The molecular weight excluding hydrogens is 540 g/mol. The molecule has 1 aromatic carbocycles. The number of nitrogens with zero attached hydrogens (tertiary/aromatic N) is 5. The highest BCUT2D eigenvalue weighted by molar-refractivity contribution is 14.0. The number of benzene rings is 1. The summed E-state index contributed by atoms with van der Waals surface area (Å²) in [5.41, 5.74) is 0. The second kappa shape index (κ2) is 13.8. The van der Waals surface area contributed by atoms with Crippen LogP contribution in [0.25, 0.3) is 0 Å². The number of carbonyl (C=O) groups excluding carboxylic acids is 1. The second-order valence-corrected chi connectivity index (χ2v) is 7.41. The minimum atomic E-state index is -0.391. The number of amides is 1. The summed E-state index contributed by atoms with van der Waals surface area (Å²) in [6, 6.07) is 8.09. The summed E-state index contributed by atoms with van der Waals surface area (Å²) < 4.78 is 19.3. The lowest BCUT2D eigenvalue weighted by Gasteiger charge is -2.34. The van der Waals surface area contributed by atoms with E-state index in [0.717, 1.165) is 0 Å². The first kappa shape index (κ1) is 26.6. The van der Waals surface area contributed by atoms with Crippen molar-refractivity contribution in [1.82, 2.24) is 25.5 Å². The van der Waals surface area contributed by atoms with Crippen LogP contribution >= 0.6 is 24.0 Å². The molecule has 1 atom stereocenters. The number of ether oxygens (including phenoxy) is 1. The number of halogens is 2. The third-order valence-electron chi connectivity index (χ3n) is 5.04. The Bertz CT molecular complexity index is 895. The molecule has 1 unspecified atom stereocenters. The molecule has 0 spiro atoms. The van der Waals surface area contributed by atoms with E-state index in [9.17, 15) is 9.18 Å². The van der Waals surface area contributed by atoms with Crippen LogP contribution in [0.15, 0.2) is 47.7 Å². The normalized spacial score (nSPS) is 14.8. The minimum absolute atomic E-state index is 0. The number of guanidine groups is 1. The molecule has 0 bridgehead atoms. The van der Waals surface area contributed by atoms with Crippen LogP contribution < -0.4 is 20.3 Å². The van der Waals surface area contributed by atoms with Crippen LogP contribution in [0.4, 0.5) is 10.3 Å². The van der Waals surface area contributed by atoms with E-state index < -0.39 is 5.82 Å². The monoisotopic (exact) mass is 571 g/mol. The molecule has 3 rings (SSSR count). The summed E-state index contributed by atoms with van der Waals surface area (Å²) in [5, 5.41) is 6.27. The summed E-state index contributed by atoms with van der Waals surface area (Å²) in [5.74, 6) is 1.18. The maximum atomic E-state index is 13.7. The number of piperazine rings is 1. The van der Waals surface area contributed by atoms with Gasteiger partial charge in [-0.05, 0) is 25.1 Å². The summed E-state index contributed by atoms with van der Waals surface area (Å²) in [6.07, 6.45) is 3.54. The van der Waals surface area contributed by atoms with Gasteiger partial charge in [0, 0.05) is 58.6 Å². The fourth-order valence-electron chi connectivity index (χ4n) is 3.32. The molecule has 33 heavy (non-hydrogen) atoms. The molecule has 1 aromatic heterocycles. The number of para-hydroxylation sites is 1. The van der Waals surface area contributed by atoms with Crippen LogP contribution in [-0.2, 0) is 4.79 Å². The Balaban J connectivity index is 0.00000385. The summed E-state index contributed by atoms with van der Waals surface area (Å²) in [4.78, 5) is 29.2. The Morgan fingerprint density at radius 1 is 1.15 bits per heavy atom. The van der Waals surface area contributed by atoms with E-state index in [1.54, 1.807) is 43.7 Å². The van der Waals surface area contributed by atoms with Crippen molar-refractivity contribution < 1.29 is 13.9 Å². The third kappa shape index (κ3) is 8.30. The van der Waals surface area contributed by atoms with Crippen molar-refractivity contribution in [2.75, 3.05) is 51.2 Å². The Morgan fingerprint density at radius 3 is 2.52 bits per heavy atom. The summed E-state index contributed by atoms with van der Waals surface area (Å²) in [6.45, 7) is 5.47. The van der Waals surface area contributed by atoms with E-state index in [1.165, 1.54) is 6.07 Å². The molecule has 9 nitrogen and oxygen atoms in total. The fraction of sp³-hybridized carbons (Fsp3) is 0.455. The van der Waals surface area contributed by atoms with E-state index in [0.29, 0.717) is 57.6 Å². The van der Waals surface area contributed by atoms with Gasteiger partial charge in [0.1, 0.15) is 6.10 Å². The molecule has 1 aliphatic heterocycles. The Morgan fingerprint density at radius 2 is 1.85 bits per heavy atom. The minimum Gasteiger partial charge on any atom is -0.486 e. The predicted octanol–water partition coefficient (Wildman–Crippen LogP) is 1.90. The van der Waals surface area contributed by atoms with E-state index in [2.05, 4.69) is 30.5 Å². The number of hydrogen-bond acceptors (Lipinski definition) is 6. The van der Waals surface area contributed by atoms with Crippen LogP contribution in [-0.4, -0.2) is 79.2 Å². The topological polar surface area (TPSA) is 95.0 Å². The lowest BCUT2D eigenvalue weighted by atomic mass is 10.3. The highest BCUT2D eigenvalue weighted by Gasteiger charge is 2.22. The highest BCUT2D eigenvalue weighted by Crippen LogP contribution is 2.16. The zero-order valence-corrected chi connectivity index (χ0v) is 21.2. The molecule has 1 fully saturated rings. The van der Waals surface area contributed by atoms with Gasteiger partial charge in [-0.1, -0.05) is 12.1 Å². The van der Waals surface area contributed by atoms with Crippen LogP contribution in [0.2, 0.25) is 0 Å². The van der Waals surface area contributed by atoms with Gasteiger partial charge in [-0.15, -0.1) is 24.0 Å². The standard InChI is InChI=1S/C22H30FN7O2.HI/c1-17(32-19-7-4-3-6-18(19)23)16-28-21(24-2)25-11-8-20(31)29-12-14-30(15-13-29)22-26-9-5-10-27-22;/h3-7,9-10,17H,8,11-16H2,1-2H3,(H2,24,25,28);1H. The van der Waals surface area contributed by atoms with E-state index >= 15 is 0 Å². The van der Waals surface area contributed by atoms with E-state index in [-0.39, 0.29) is 41.7 Å². The molecule has 2 aromatic rings. The SMILES string of the molecule is CN=C(NCCC(=O)N1CCN(c2ncccn2)CC1)NCC(C)Oc1ccccc1F.I. The number of aliphatic imine (C=N–C) groups is 1. The highest BCUT2D eigenvalue weighted by atomic mass is 127. The molecule has 2 N–H and O–H groups in total. The first-order valence-electron chi connectivity index (χ1n) is 10.7. The fourth-order valence-corrected chi connectivity index (χ4v) is 3.32. The van der Waals surface area contributed by atoms with Gasteiger partial charge >= 0.3 is 0 Å². The molecule has 2 heterocycles. The van der Waals surface area contributed by atoms with Gasteiger partial charge in [0.15, 0.2) is 17.5 Å². The first-order chi connectivity index (χ1) is 15.6. The molecule has 11 heteroatoms. The Hall–Kier alpha value is -2.70. The van der Waals surface area contributed by atoms with Crippen molar-refractivity contribution in [3.8, 4) is 5.75 Å². The molecular formula is C22H31FIN7O2. The average Bonchev–Trinajstić information content (AvgIpc) is 2.83. The maximum absolute atomic E-state index is 13.7. The number of carbonyl (C=O) groups is 1. The molecule has 1 aliphatic rings. The van der Waals surface area contributed by atoms with Gasteiger partial charge in [-0.25, -0.2) is 14.4 Å². The van der Waals surface area contributed by atoms with E-state index in [1.807, 2.05) is 11.8 Å². The van der Waals surface area contributed by atoms with Crippen molar-refractivity contribution >= 4 is 41.8 Å². The molecule has 0 saturated carbocycles. The zero-order chi connectivity index (χ0) is 22.8. The number of nitrogens with one attached hydrogen (secondary N) is 2. The van der Waals surface area contributed by atoms with Crippen LogP contribution in [0.3, 0.4) is 0 Å². The van der Waals surface area contributed by atoms with Gasteiger partial charge in [0.2, 0.25) is 11.9 Å². The van der Waals surface area contributed by atoms with Gasteiger partial charge in [-0.3, -0.25) is 9.79 Å². The molecule has 0 radical (unpaired) electrons. The number of aromatic nitrogens is 2. The van der Waals surface area contributed by atoms with Gasteiger partial charge in [-0.2, -0.15) is 0 Å². The second-order valence-electron chi connectivity index (χ2n) is 7.41. The first-order valence-corrected chi connectivity index (χ1v) is 10.7. The Kier molecular flexibility index (Phi) is 11.1. The van der Waals surface area contributed by atoms with Crippen LogP contribution in [0.1, 0.15) is 13.3 Å². The summed E-state index contributed by atoms with van der Waals surface area (Å²) in [7, 11) is 1.66. The van der Waals surface area contributed by atoms with Crippen molar-refractivity contribution in [2.24, 2.45) is 4.99 Å². The van der Waals surface area contributed by atoms with Crippen molar-refractivity contribution in [3.05, 3.63) is 48.5 Å². The van der Waals surface area contributed by atoms with Crippen LogP contribution in [0.5, 0.6) is 5.75 Å². The van der Waals surface area contributed by atoms with Gasteiger partial charge in [0.25, 0.3) is 0 Å². The number of hydrogen-bond donors (Lipinski definition) is 2. The number of anilines is 1. The maximum Gasteiger partial charge on any atom is 0.225 e. The van der Waals surface area contributed by atoms with Crippen molar-refractivity contribution in [3.63, 3.8) is 0 Å².